The first-order valence-electron chi connectivity index (χ1n) is 9.34. The number of fused-ring (bicyclic) bond motifs is 1. The standard InChI is InChI=1S/C20H25N5O2S/c1-23-19-6-4-3-5-18(19)21-20(23)15-24-11-13-25(14-12-24)17-9-7-16(8-10-17)22-28(2,26)27/h3-10,22H,11-15H2,1-2H3. The molecule has 1 fully saturated rings. The van der Waals surface area contributed by atoms with Gasteiger partial charge in [-0.2, -0.15) is 0 Å². The summed E-state index contributed by atoms with van der Waals surface area (Å²) in [5, 5.41) is 0. The van der Waals surface area contributed by atoms with Crippen molar-refractivity contribution in [3.8, 4) is 0 Å². The smallest absolute Gasteiger partial charge is 0.229 e. The van der Waals surface area contributed by atoms with E-state index in [4.69, 9.17) is 4.98 Å². The predicted octanol–water partition coefficient (Wildman–Crippen LogP) is 2.27. The summed E-state index contributed by atoms with van der Waals surface area (Å²) in [6.07, 6.45) is 1.16. The van der Waals surface area contributed by atoms with Crippen LogP contribution in [0.3, 0.4) is 0 Å². The number of hydrogen-bond donors (Lipinski definition) is 1. The Bertz CT molecular complexity index is 1070. The Hall–Kier alpha value is -2.58. The summed E-state index contributed by atoms with van der Waals surface area (Å²) in [6, 6.07) is 15.8. The van der Waals surface area contributed by atoms with Crippen LogP contribution in [-0.2, 0) is 23.6 Å². The Kier molecular flexibility index (Phi) is 4.99. The van der Waals surface area contributed by atoms with Gasteiger partial charge in [0.15, 0.2) is 0 Å². The normalized spacial score (nSPS) is 15.9. The zero-order valence-corrected chi connectivity index (χ0v) is 17.0. The van der Waals surface area contributed by atoms with Gasteiger partial charge in [0.05, 0.1) is 23.8 Å². The maximum Gasteiger partial charge on any atom is 0.229 e. The zero-order valence-electron chi connectivity index (χ0n) is 16.2. The van der Waals surface area contributed by atoms with Gasteiger partial charge in [0.25, 0.3) is 0 Å². The van der Waals surface area contributed by atoms with Gasteiger partial charge in [-0.15, -0.1) is 0 Å². The summed E-state index contributed by atoms with van der Waals surface area (Å²) in [4.78, 5) is 9.53. The highest BCUT2D eigenvalue weighted by molar-refractivity contribution is 7.92. The van der Waals surface area contributed by atoms with Gasteiger partial charge in [-0.05, 0) is 36.4 Å². The number of aryl methyl sites for hydroxylation is 1. The fraction of sp³-hybridized carbons (Fsp3) is 0.350. The van der Waals surface area contributed by atoms with E-state index in [1.807, 2.05) is 36.4 Å². The molecule has 148 valence electrons. The van der Waals surface area contributed by atoms with Gasteiger partial charge in [-0.3, -0.25) is 9.62 Å². The second-order valence-corrected chi connectivity index (χ2v) is 9.01. The molecule has 0 spiro atoms. The van der Waals surface area contributed by atoms with Crippen LogP contribution in [0.5, 0.6) is 0 Å². The Morgan fingerprint density at radius 3 is 2.32 bits per heavy atom. The van der Waals surface area contributed by atoms with E-state index in [-0.39, 0.29) is 0 Å². The molecule has 0 atom stereocenters. The van der Waals surface area contributed by atoms with E-state index in [1.165, 1.54) is 5.52 Å². The van der Waals surface area contributed by atoms with E-state index in [1.54, 1.807) is 0 Å². The van der Waals surface area contributed by atoms with Gasteiger partial charge in [0.1, 0.15) is 5.82 Å². The number of anilines is 2. The topological polar surface area (TPSA) is 70.5 Å². The summed E-state index contributed by atoms with van der Waals surface area (Å²) in [7, 11) is -1.17. The van der Waals surface area contributed by atoms with Gasteiger partial charge in [-0.1, -0.05) is 12.1 Å². The van der Waals surface area contributed by atoms with Crippen molar-refractivity contribution < 1.29 is 8.42 Å². The van der Waals surface area contributed by atoms with Crippen LogP contribution in [0.25, 0.3) is 11.0 Å². The van der Waals surface area contributed by atoms with Crippen LogP contribution < -0.4 is 9.62 Å². The minimum absolute atomic E-state index is 0.590. The van der Waals surface area contributed by atoms with E-state index in [2.05, 4.69) is 38.3 Å². The van der Waals surface area contributed by atoms with Gasteiger partial charge >= 0.3 is 0 Å². The lowest BCUT2D eigenvalue weighted by Gasteiger charge is -2.36. The molecule has 0 unspecified atom stereocenters. The van der Waals surface area contributed by atoms with E-state index in [0.717, 1.165) is 56.0 Å². The van der Waals surface area contributed by atoms with Gasteiger partial charge < -0.3 is 9.47 Å². The van der Waals surface area contributed by atoms with Gasteiger partial charge in [0, 0.05) is 44.6 Å². The summed E-state index contributed by atoms with van der Waals surface area (Å²) in [6.45, 7) is 4.64. The molecule has 8 heteroatoms. The Morgan fingerprint density at radius 2 is 1.68 bits per heavy atom. The minimum atomic E-state index is -3.24. The quantitative estimate of drug-likeness (QED) is 0.713. The van der Waals surface area contributed by atoms with Crippen LogP contribution in [0.4, 0.5) is 11.4 Å². The molecule has 1 saturated heterocycles. The van der Waals surface area contributed by atoms with Crippen LogP contribution in [0.1, 0.15) is 5.82 Å². The maximum absolute atomic E-state index is 11.3. The van der Waals surface area contributed by atoms with E-state index in [0.29, 0.717) is 5.69 Å². The number of para-hydroxylation sites is 2. The van der Waals surface area contributed by atoms with Crippen molar-refractivity contribution in [2.24, 2.45) is 7.05 Å². The summed E-state index contributed by atoms with van der Waals surface area (Å²) < 4.78 is 27.3. The Morgan fingerprint density at radius 1 is 1.00 bits per heavy atom. The molecular formula is C20H25N5O2S. The van der Waals surface area contributed by atoms with E-state index < -0.39 is 10.0 Å². The second-order valence-electron chi connectivity index (χ2n) is 7.26. The van der Waals surface area contributed by atoms with Crippen LogP contribution in [0.15, 0.2) is 48.5 Å². The fourth-order valence-electron chi connectivity index (χ4n) is 3.66. The zero-order chi connectivity index (χ0) is 19.7. The molecule has 0 amide bonds. The van der Waals surface area contributed by atoms with Crippen LogP contribution >= 0.6 is 0 Å². The van der Waals surface area contributed by atoms with Crippen molar-refractivity contribution in [2.75, 3.05) is 42.1 Å². The average Bonchev–Trinajstić information content (AvgIpc) is 2.98. The molecule has 2 heterocycles. The highest BCUT2D eigenvalue weighted by Crippen LogP contribution is 2.21. The molecule has 1 N–H and O–H groups in total. The number of nitrogens with zero attached hydrogens (tertiary/aromatic N) is 4. The lowest BCUT2D eigenvalue weighted by atomic mass is 10.2. The lowest BCUT2D eigenvalue weighted by molar-refractivity contribution is 0.242. The van der Waals surface area contributed by atoms with Crippen molar-refractivity contribution in [1.82, 2.24) is 14.5 Å². The third kappa shape index (κ3) is 4.13. The van der Waals surface area contributed by atoms with Crippen LogP contribution in [-0.4, -0.2) is 55.3 Å². The number of sulfonamides is 1. The van der Waals surface area contributed by atoms with Crippen LogP contribution in [0.2, 0.25) is 0 Å². The van der Waals surface area contributed by atoms with Gasteiger partial charge in [0.2, 0.25) is 10.0 Å². The third-order valence-corrected chi connectivity index (χ3v) is 5.76. The number of aromatic nitrogens is 2. The first-order chi connectivity index (χ1) is 13.4. The third-order valence-electron chi connectivity index (χ3n) is 5.15. The summed E-state index contributed by atoms with van der Waals surface area (Å²) in [5.74, 6) is 1.09. The summed E-state index contributed by atoms with van der Waals surface area (Å²) in [5.41, 5.74) is 3.91. The number of piperazine rings is 1. The largest absolute Gasteiger partial charge is 0.369 e. The van der Waals surface area contributed by atoms with Crippen molar-refractivity contribution in [1.29, 1.82) is 0 Å². The number of imidazole rings is 1. The molecule has 0 bridgehead atoms. The SMILES string of the molecule is Cn1c(CN2CCN(c3ccc(NS(C)(=O)=O)cc3)CC2)nc2ccccc21. The van der Waals surface area contributed by atoms with Crippen molar-refractivity contribution in [3.63, 3.8) is 0 Å². The molecule has 1 aliphatic rings. The minimum Gasteiger partial charge on any atom is -0.369 e. The molecule has 0 saturated carbocycles. The fourth-order valence-corrected chi connectivity index (χ4v) is 4.22. The molecule has 0 aliphatic carbocycles. The van der Waals surface area contributed by atoms with Crippen molar-refractivity contribution >= 4 is 32.4 Å². The maximum atomic E-state index is 11.3. The first-order valence-corrected chi connectivity index (χ1v) is 11.2. The van der Waals surface area contributed by atoms with Crippen LogP contribution in [0, 0.1) is 0 Å². The molecule has 1 aliphatic heterocycles. The molecule has 0 radical (unpaired) electrons. The molecule has 7 nitrogen and oxygen atoms in total. The average molecular weight is 400 g/mol. The van der Waals surface area contributed by atoms with Crippen molar-refractivity contribution in [2.45, 2.75) is 6.54 Å². The van der Waals surface area contributed by atoms with Gasteiger partial charge in [-0.25, -0.2) is 13.4 Å². The van der Waals surface area contributed by atoms with E-state index >= 15 is 0 Å². The number of benzene rings is 2. The second kappa shape index (κ2) is 7.44. The monoisotopic (exact) mass is 399 g/mol. The lowest BCUT2D eigenvalue weighted by Crippen LogP contribution is -2.46. The molecule has 3 aromatic rings. The molecule has 4 rings (SSSR count). The Balaban J connectivity index is 1.37. The molecule has 2 aromatic carbocycles. The first kappa shape index (κ1) is 18.8. The molecular weight excluding hydrogens is 374 g/mol. The highest BCUT2D eigenvalue weighted by Gasteiger charge is 2.19. The summed E-state index contributed by atoms with van der Waals surface area (Å²) >= 11 is 0. The molecule has 1 aromatic heterocycles. The number of nitrogens with one attached hydrogen (secondary N) is 1. The number of rotatable bonds is 5. The highest BCUT2D eigenvalue weighted by atomic mass is 32.2. The predicted molar refractivity (Wildman–Crippen MR) is 113 cm³/mol. The Labute approximate surface area is 165 Å². The number of hydrogen-bond acceptors (Lipinski definition) is 5. The molecule has 28 heavy (non-hydrogen) atoms. The van der Waals surface area contributed by atoms with Crippen molar-refractivity contribution in [3.05, 3.63) is 54.4 Å². The van der Waals surface area contributed by atoms with E-state index in [9.17, 15) is 8.42 Å².